The number of carbonyl (C=O) groups is 1. The van der Waals surface area contributed by atoms with Gasteiger partial charge in [-0.3, -0.25) is 4.79 Å². The smallest absolute Gasteiger partial charge is 0.471 e. The standard InChI is InChI=1S/C26H23F4N3O2.CH4/c1-3-17-4-6-18(7-5-17)24(16(2)32-25(34)26(28,29)30)35-22-12-13-23-19(14-22)15-31-33(23)21-10-8-20(27)9-11-21;/h4-16,24H,3H2,1-2H3,(H,32,34);1H4/t16-,24-;/m0./s1. The first-order valence-electron chi connectivity index (χ1n) is 11.0. The SMILES string of the molecule is C.CCc1ccc([C@@H](Oc2ccc3c(cnn3-c3ccc(F)cc3)c2)[C@H](C)NC(=O)C(F)(F)F)cc1. The molecule has 0 saturated heterocycles. The van der Waals surface area contributed by atoms with Crippen molar-refractivity contribution in [3.05, 3.63) is 89.9 Å². The molecule has 0 saturated carbocycles. The number of aryl methyl sites for hydroxylation is 1. The van der Waals surface area contributed by atoms with Gasteiger partial charge in [-0.15, -0.1) is 0 Å². The number of aromatic nitrogens is 2. The maximum atomic E-state index is 13.3. The Morgan fingerprint density at radius 1 is 1.06 bits per heavy atom. The van der Waals surface area contributed by atoms with Gasteiger partial charge >= 0.3 is 12.1 Å². The van der Waals surface area contributed by atoms with E-state index in [0.717, 1.165) is 22.9 Å². The van der Waals surface area contributed by atoms with Crippen molar-refractivity contribution in [2.45, 2.75) is 46.0 Å². The fraction of sp³-hybridized carbons (Fsp3) is 0.259. The average molecular weight is 502 g/mol. The van der Waals surface area contributed by atoms with E-state index in [9.17, 15) is 22.4 Å². The molecule has 0 fully saturated rings. The molecule has 0 spiro atoms. The zero-order valence-corrected chi connectivity index (χ0v) is 19.0. The summed E-state index contributed by atoms with van der Waals surface area (Å²) in [6.07, 6.45) is -3.46. The normalized spacial score (nSPS) is 13.1. The Morgan fingerprint density at radius 2 is 1.72 bits per heavy atom. The van der Waals surface area contributed by atoms with E-state index in [4.69, 9.17) is 4.74 Å². The fourth-order valence-corrected chi connectivity index (χ4v) is 3.79. The Bertz CT molecular complexity index is 1320. The summed E-state index contributed by atoms with van der Waals surface area (Å²) in [5.74, 6) is -1.99. The summed E-state index contributed by atoms with van der Waals surface area (Å²) in [4.78, 5) is 11.6. The summed E-state index contributed by atoms with van der Waals surface area (Å²) in [6.45, 7) is 3.46. The van der Waals surface area contributed by atoms with Gasteiger partial charge in [0, 0.05) is 5.39 Å². The number of amides is 1. The number of ether oxygens (including phenoxy) is 1. The molecule has 9 heteroatoms. The molecule has 1 aromatic heterocycles. The van der Waals surface area contributed by atoms with Crippen LogP contribution in [0, 0.1) is 5.82 Å². The number of nitrogens with one attached hydrogen (secondary N) is 1. The minimum absolute atomic E-state index is 0. The molecule has 4 rings (SSSR count). The summed E-state index contributed by atoms with van der Waals surface area (Å²) in [5.41, 5.74) is 3.10. The van der Waals surface area contributed by atoms with Gasteiger partial charge in [0.15, 0.2) is 0 Å². The van der Waals surface area contributed by atoms with Gasteiger partial charge in [-0.1, -0.05) is 38.6 Å². The largest absolute Gasteiger partial charge is 0.484 e. The van der Waals surface area contributed by atoms with Gasteiger partial charge in [-0.25, -0.2) is 9.07 Å². The molecule has 2 atom stereocenters. The highest BCUT2D eigenvalue weighted by Crippen LogP contribution is 2.30. The molecular formula is C27H27F4N3O2. The number of alkyl halides is 3. The number of halogens is 4. The van der Waals surface area contributed by atoms with Crippen molar-refractivity contribution in [3.8, 4) is 11.4 Å². The summed E-state index contributed by atoms with van der Waals surface area (Å²) >= 11 is 0. The molecule has 0 bridgehead atoms. The van der Waals surface area contributed by atoms with Gasteiger partial charge in [-0.05, 0) is 66.9 Å². The van der Waals surface area contributed by atoms with Crippen LogP contribution in [0.1, 0.15) is 38.5 Å². The van der Waals surface area contributed by atoms with E-state index in [0.29, 0.717) is 17.0 Å². The third kappa shape index (κ3) is 5.84. The second-order valence-electron chi connectivity index (χ2n) is 8.15. The van der Waals surface area contributed by atoms with Crippen LogP contribution in [0.4, 0.5) is 17.6 Å². The second-order valence-corrected chi connectivity index (χ2v) is 8.15. The maximum Gasteiger partial charge on any atom is 0.471 e. The molecule has 5 nitrogen and oxygen atoms in total. The van der Waals surface area contributed by atoms with Crippen LogP contribution in [-0.4, -0.2) is 27.9 Å². The van der Waals surface area contributed by atoms with Crippen LogP contribution >= 0.6 is 0 Å². The zero-order chi connectivity index (χ0) is 25.2. The second kappa shape index (κ2) is 10.8. The molecule has 0 unspecified atom stereocenters. The first kappa shape index (κ1) is 26.7. The summed E-state index contributed by atoms with van der Waals surface area (Å²) in [7, 11) is 0. The Hall–Kier alpha value is -3.88. The molecule has 36 heavy (non-hydrogen) atoms. The number of benzene rings is 3. The van der Waals surface area contributed by atoms with Gasteiger partial charge in [0.2, 0.25) is 0 Å². The zero-order valence-electron chi connectivity index (χ0n) is 19.0. The van der Waals surface area contributed by atoms with Crippen molar-refractivity contribution in [3.63, 3.8) is 0 Å². The number of rotatable bonds is 7. The molecule has 1 amide bonds. The third-order valence-electron chi connectivity index (χ3n) is 5.66. The van der Waals surface area contributed by atoms with Crippen LogP contribution in [0.15, 0.2) is 72.9 Å². The van der Waals surface area contributed by atoms with Crippen molar-refractivity contribution in [2.24, 2.45) is 0 Å². The lowest BCUT2D eigenvalue weighted by molar-refractivity contribution is -0.174. The van der Waals surface area contributed by atoms with Crippen molar-refractivity contribution >= 4 is 16.8 Å². The van der Waals surface area contributed by atoms with E-state index in [1.165, 1.54) is 19.1 Å². The topological polar surface area (TPSA) is 56.1 Å². The predicted octanol–water partition coefficient (Wildman–Crippen LogP) is 6.55. The van der Waals surface area contributed by atoms with E-state index in [2.05, 4.69) is 5.10 Å². The number of hydrogen-bond donors (Lipinski definition) is 1. The van der Waals surface area contributed by atoms with E-state index in [1.807, 2.05) is 24.4 Å². The van der Waals surface area contributed by atoms with Gasteiger partial charge in [0.1, 0.15) is 17.7 Å². The lowest BCUT2D eigenvalue weighted by Crippen LogP contribution is -2.45. The molecule has 190 valence electrons. The fourth-order valence-electron chi connectivity index (χ4n) is 3.79. The van der Waals surface area contributed by atoms with E-state index < -0.39 is 24.2 Å². The molecule has 0 aliphatic heterocycles. The van der Waals surface area contributed by atoms with E-state index in [-0.39, 0.29) is 13.2 Å². The summed E-state index contributed by atoms with van der Waals surface area (Å²) < 4.78 is 59.6. The predicted molar refractivity (Wildman–Crippen MR) is 131 cm³/mol. The lowest BCUT2D eigenvalue weighted by atomic mass is 10.0. The van der Waals surface area contributed by atoms with Crippen LogP contribution in [0.5, 0.6) is 5.75 Å². The van der Waals surface area contributed by atoms with Gasteiger partial charge < -0.3 is 10.1 Å². The van der Waals surface area contributed by atoms with Gasteiger partial charge in [0.05, 0.1) is 23.4 Å². The average Bonchev–Trinajstić information content (AvgIpc) is 3.25. The molecule has 1 N–H and O–H groups in total. The van der Waals surface area contributed by atoms with Crippen LogP contribution in [0.25, 0.3) is 16.6 Å². The van der Waals surface area contributed by atoms with Crippen molar-refractivity contribution in [2.75, 3.05) is 0 Å². The number of hydrogen-bond acceptors (Lipinski definition) is 3. The summed E-state index contributed by atoms with van der Waals surface area (Å²) in [6, 6.07) is 17.4. The Labute approximate surface area is 206 Å². The number of fused-ring (bicyclic) bond motifs is 1. The third-order valence-corrected chi connectivity index (χ3v) is 5.66. The molecular weight excluding hydrogens is 474 g/mol. The first-order chi connectivity index (χ1) is 16.7. The molecule has 0 aliphatic rings. The number of carbonyl (C=O) groups excluding carboxylic acids is 1. The monoisotopic (exact) mass is 501 g/mol. The molecule has 1 heterocycles. The van der Waals surface area contributed by atoms with E-state index >= 15 is 0 Å². The highest BCUT2D eigenvalue weighted by atomic mass is 19.4. The van der Waals surface area contributed by atoms with Crippen LogP contribution in [0.3, 0.4) is 0 Å². The minimum Gasteiger partial charge on any atom is -0.484 e. The van der Waals surface area contributed by atoms with E-state index in [1.54, 1.807) is 53.3 Å². The van der Waals surface area contributed by atoms with Crippen LogP contribution < -0.4 is 10.1 Å². The quantitative estimate of drug-likeness (QED) is 0.292. The van der Waals surface area contributed by atoms with Crippen LogP contribution in [-0.2, 0) is 11.2 Å². The Kier molecular flexibility index (Phi) is 8.02. The van der Waals surface area contributed by atoms with Crippen molar-refractivity contribution in [1.29, 1.82) is 0 Å². The van der Waals surface area contributed by atoms with Crippen molar-refractivity contribution in [1.82, 2.24) is 15.1 Å². The minimum atomic E-state index is -5.00. The lowest BCUT2D eigenvalue weighted by Gasteiger charge is -2.27. The molecule has 4 aromatic rings. The van der Waals surface area contributed by atoms with Gasteiger partial charge in [0.25, 0.3) is 0 Å². The number of nitrogens with zero attached hydrogens (tertiary/aromatic N) is 2. The van der Waals surface area contributed by atoms with Gasteiger partial charge in [-0.2, -0.15) is 18.3 Å². The molecule has 0 radical (unpaired) electrons. The highest BCUT2D eigenvalue weighted by Gasteiger charge is 2.40. The molecule has 0 aliphatic carbocycles. The summed E-state index contributed by atoms with van der Waals surface area (Å²) in [5, 5.41) is 7.07. The first-order valence-corrected chi connectivity index (χ1v) is 11.0. The molecule has 3 aromatic carbocycles. The van der Waals surface area contributed by atoms with Crippen LogP contribution in [0.2, 0.25) is 0 Å². The Morgan fingerprint density at radius 3 is 2.33 bits per heavy atom. The highest BCUT2D eigenvalue weighted by molar-refractivity contribution is 5.82. The van der Waals surface area contributed by atoms with Crippen molar-refractivity contribution < 1.29 is 27.1 Å². The maximum absolute atomic E-state index is 13.3. The Balaban J connectivity index is 0.00000361.